The normalized spacial score (nSPS) is 11.1. The van der Waals surface area contributed by atoms with Gasteiger partial charge in [-0.25, -0.2) is 0 Å². The molecular weight excluding hydrogens is 290 g/mol. The third-order valence-corrected chi connectivity index (χ3v) is 2.83. The molecule has 0 saturated carbocycles. The third-order valence-electron chi connectivity index (χ3n) is 2.72. The topological polar surface area (TPSA) is 39.7 Å². The Balaban J connectivity index is 3.02. The van der Waals surface area contributed by atoms with Gasteiger partial charge in [0.2, 0.25) is 5.75 Å². The number of hydrogen-bond acceptors (Lipinski definition) is 4. The van der Waals surface area contributed by atoms with Crippen LogP contribution in [0.15, 0.2) is 23.7 Å². The second-order valence-electron chi connectivity index (χ2n) is 5.74. The second-order valence-corrected chi connectivity index (χ2v) is 6.27. The lowest BCUT2D eigenvalue weighted by atomic mass is 10.1. The minimum Gasteiger partial charge on any atom is -0.493 e. The largest absolute Gasteiger partial charge is 0.493 e. The lowest BCUT2D eigenvalue weighted by molar-refractivity contribution is 0.298. The maximum Gasteiger partial charge on any atom is 0.203 e. The first kappa shape index (κ1) is 17.7. The van der Waals surface area contributed by atoms with E-state index < -0.39 is 0 Å². The van der Waals surface area contributed by atoms with Gasteiger partial charge in [-0.15, -0.1) is 0 Å². The quantitative estimate of drug-likeness (QED) is 0.832. The van der Waals surface area contributed by atoms with E-state index in [1.807, 2.05) is 12.1 Å². The molecule has 0 bridgehead atoms. The molecule has 1 aromatic carbocycles. The van der Waals surface area contributed by atoms with Crippen LogP contribution >= 0.6 is 11.6 Å². The molecule has 118 valence electrons. The van der Waals surface area contributed by atoms with Crippen LogP contribution in [0.25, 0.3) is 0 Å². The summed E-state index contributed by atoms with van der Waals surface area (Å²) in [4.78, 5) is 0. The van der Waals surface area contributed by atoms with E-state index in [-0.39, 0.29) is 12.1 Å². The zero-order valence-electron chi connectivity index (χ0n) is 13.4. The third kappa shape index (κ3) is 5.86. The fourth-order valence-electron chi connectivity index (χ4n) is 1.70. The van der Waals surface area contributed by atoms with Gasteiger partial charge in [-0.2, -0.15) is 0 Å². The first-order chi connectivity index (χ1) is 9.76. The molecule has 0 radical (unpaired) electrons. The van der Waals surface area contributed by atoms with Crippen molar-refractivity contribution in [3.63, 3.8) is 0 Å². The Hall–Kier alpha value is -1.39. The number of ether oxygens (including phenoxy) is 3. The lowest BCUT2D eigenvalue weighted by Gasteiger charge is -2.22. The van der Waals surface area contributed by atoms with Gasteiger partial charge in [0.1, 0.15) is 6.61 Å². The van der Waals surface area contributed by atoms with Crippen LogP contribution in [-0.4, -0.2) is 26.4 Å². The first-order valence-electron chi connectivity index (χ1n) is 6.73. The van der Waals surface area contributed by atoms with E-state index in [0.717, 1.165) is 5.56 Å². The maximum atomic E-state index is 5.74. The molecule has 0 aliphatic heterocycles. The molecule has 0 fully saturated rings. The van der Waals surface area contributed by atoms with Crippen molar-refractivity contribution < 1.29 is 14.2 Å². The summed E-state index contributed by atoms with van der Waals surface area (Å²) in [7, 11) is 3.19. The summed E-state index contributed by atoms with van der Waals surface area (Å²) in [5.41, 5.74) is 1.09. The van der Waals surface area contributed by atoms with E-state index >= 15 is 0 Å². The number of hydrogen-bond donors (Lipinski definition) is 1. The maximum absolute atomic E-state index is 5.74. The van der Waals surface area contributed by atoms with Crippen molar-refractivity contribution in [1.29, 1.82) is 0 Å². The monoisotopic (exact) mass is 313 g/mol. The molecule has 0 spiro atoms. The fourth-order valence-corrected chi connectivity index (χ4v) is 1.75. The van der Waals surface area contributed by atoms with Gasteiger partial charge < -0.3 is 19.5 Å². The van der Waals surface area contributed by atoms with Crippen molar-refractivity contribution in [3.05, 3.63) is 29.3 Å². The molecule has 0 unspecified atom stereocenters. The van der Waals surface area contributed by atoms with Gasteiger partial charge in [0.05, 0.1) is 14.2 Å². The van der Waals surface area contributed by atoms with Crippen molar-refractivity contribution in [3.8, 4) is 17.2 Å². The standard InChI is InChI=1S/C16H24ClNO3/c1-11(17)10-21-15-13(19-5)7-12(8-14(15)20-6)9-18-16(2,3)4/h7-8,18H,1,9-10H2,2-6H3. The molecule has 21 heavy (non-hydrogen) atoms. The summed E-state index contributed by atoms with van der Waals surface area (Å²) < 4.78 is 16.4. The smallest absolute Gasteiger partial charge is 0.203 e. The van der Waals surface area contributed by atoms with Crippen LogP contribution in [0.1, 0.15) is 26.3 Å². The minimum atomic E-state index is 0.0337. The highest BCUT2D eigenvalue weighted by Crippen LogP contribution is 2.39. The summed E-state index contributed by atoms with van der Waals surface area (Å²) in [5, 5.41) is 3.84. The number of rotatable bonds is 7. The van der Waals surface area contributed by atoms with Crippen LogP contribution in [0, 0.1) is 0 Å². The van der Waals surface area contributed by atoms with Crippen LogP contribution in [-0.2, 0) is 6.54 Å². The van der Waals surface area contributed by atoms with Gasteiger partial charge in [0.25, 0.3) is 0 Å². The number of benzene rings is 1. The van der Waals surface area contributed by atoms with Gasteiger partial charge in [-0.05, 0) is 38.5 Å². The van der Waals surface area contributed by atoms with Crippen molar-refractivity contribution in [2.75, 3.05) is 20.8 Å². The molecule has 0 aliphatic carbocycles. The Bertz CT molecular complexity index is 470. The van der Waals surface area contributed by atoms with Crippen LogP contribution in [0.2, 0.25) is 0 Å². The Morgan fingerprint density at radius 2 is 1.71 bits per heavy atom. The van der Waals surface area contributed by atoms with E-state index in [0.29, 0.717) is 28.8 Å². The number of methoxy groups -OCH3 is 2. The molecule has 0 amide bonds. The Morgan fingerprint density at radius 1 is 1.19 bits per heavy atom. The van der Waals surface area contributed by atoms with Crippen LogP contribution < -0.4 is 19.5 Å². The van der Waals surface area contributed by atoms with Crippen molar-refractivity contribution in [2.24, 2.45) is 0 Å². The van der Waals surface area contributed by atoms with Gasteiger partial charge in [-0.1, -0.05) is 18.2 Å². The van der Waals surface area contributed by atoms with Crippen molar-refractivity contribution in [1.82, 2.24) is 5.32 Å². The summed E-state index contributed by atoms with van der Waals surface area (Å²) in [6.07, 6.45) is 0. The molecule has 0 heterocycles. The summed E-state index contributed by atoms with van der Waals surface area (Å²) >= 11 is 5.74. The Morgan fingerprint density at radius 3 is 2.10 bits per heavy atom. The van der Waals surface area contributed by atoms with E-state index in [9.17, 15) is 0 Å². The van der Waals surface area contributed by atoms with E-state index in [1.54, 1.807) is 14.2 Å². The predicted molar refractivity (Wildman–Crippen MR) is 86.6 cm³/mol. The Kier molecular flexibility index (Phi) is 6.37. The predicted octanol–water partition coefficient (Wildman–Crippen LogP) is 3.72. The molecule has 4 nitrogen and oxygen atoms in total. The highest BCUT2D eigenvalue weighted by molar-refractivity contribution is 6.29. The average molecular weight is 314 g/mol. The molecule has 0 aromatic heterocycles. The zero-order valence-corrected chi connectivity index (χ0v) is 14.1. The van der Waals surface area contributed by atoms with Gasteiger partial charge in [0.15, 0.2) is 11.5 Å². The molecule has 1 N–H and O–H groups in total. The molecule has 0 aliphatic rings. The summed E-state index contributed by atoms with van der Waals surface area (Å²) in [6.45, 7) is 10.9. The van der Waals surface area contributed by atoms with Crippen molar-refractivity contribution in [2.45, 2.75) is 32.9 Å². The molecule has 0 atom stereocenters. The fraction of sp³-hybridized carbons (Fsp3) is 0.500. The van der Waals surface area contributed by atoms with Crippen molar-refractivity contribution >= 4 is 11.6 Å². The first-order valence-corrected chi connectivity index (χ1v) is 7.10. The van der Waals surface area contributed by atoms with Crippen LogP contribution in [0.5, 0.6) is 17.2 Å². The zero-order chi connectivity index (χ0) is 16.0. The molecule has 5 heteroatoms. The molecule has 1 rings (SSSR count). The number of halogens is 1. The van der Waals surface area contributed by atoms with E-state index in [1.165, 1.54) is 0 Å². The van der Waals surface area contributed by atoms with Gasteiger partial charge in [0, 0.05) is 17.1 Å². The highest BCUT2D eigenvalue weighted by Gasteiger charge is 2.16. The van der Waals surface area contributed by atoms with Crippen LogP contribution in [0.3, 0.4) is 0 Å². The lowest BCUT2D eigenvalue weighted by Crippen LogP contribution is -2.35. The van der Waals surface area contributed by atoms with Gasteiger partial charge in [-0.3, -0.25) is 0 Å². The highest BCUT2D eigenvalue weighted by atomic mass is 35.5. The molecule has 1 aromatic rings. The van der Waals surface area contributed by atoms with E-state index in [4.69, 9.17) is 25.8 Å². The number of nitrogens with one attached hydrogen (secondary N) is 1. The molecule has 0 saturated heterocycles. The molecular formula is C16H24ClNO3. The van der Waals surface area contributed by atoms with Crippen LogP contribution in [0.4, 0.5) is 0 Å². The summed E-state index contributed by atoms with van der Waals surface area (Å²) in [5.74, 6) is 1.75. The second kappa shape index (κ2) is 7.57. The minimum absolute atomic E-state index is 0.0337. The Labute approximate surface area is 132 Å². The average Bonchev–Trinajstić information content (AvgIpc) is 2.41. The SMILES string of the molecule is C=C(Cl)COc1c(OC)cc(CNC(C)(C)C)cc1OC. The summed E-state index contributed by atoms with van der Waals surface area (Å²) in [6, 6.07) is 3.85. The van der Waals surface area contributed by atoms with E-state index in [2.05, 4.69) is 32.7 Å². The van der Waals surface area contributed by atoms with Gasteiger partial charge >= 0.3 is 0 Å².